The van der Waals surface area contributed by atoms with Gasteiger partial charge in [0, 0.05) is 13.1 Å². The number of rotatable bonds is 5. The minimum atomic E-state index is -3.25. The van der Waals surface area contributed by atoms with Gasteiger partial charge >= 0.3 is 5.97 Å². The molecule has 1 fully saturated rings. The lowest BCUT2D eigenvalue weighted by Gasteiger charge is -2.38. The minimum absolute atomic E-state index is 0.326. The zero-order valence-corrected chi connectivity index (χ0v) is 12.2. The molecule has 18 heavy (non-hydrogen) atoms. The van der Waals surface area contributed by atoms with Gasteiger partial charge in [-0.05, 0) is 33.1 Å². The topological polar surface area (TPSA) is 74.7 Å². The van der Waals surface area contributed by atoms with Crippen LogP contribution in [-0.4, -0.2) is 42.1 Å². The Kier molecular flexibility index (Phi) is 4.78. The fourth-order valence-electron chi connectivity index (χ4n) is 2.52. The highest BCUT2D eigenvalue weighted by molar-refractivity contribution is 7.89. The first kappa shape index (κ1) is 15.4. The standard InChI is InChI=1S/C12H23NO4S/c1-4-5-12(11(14)15)6-8-13(9-7-12)18(16,17)10(2)3/h10H,4-9H2,1-3H3,(H,14,15). The average Bonchev–Trinajstić information content (AvgIpc) is 2.29. The summed E-state index contributed by atoms with van der Waals surface area (Å²) in [6.45, 7) is 5.92. The number of carboxylic acids is 1. The molecule has 1 rings (SSSR count). The smallest absolute Gasteiger partial charge is 0.309 e. The predicted octanol–water partition coefficient (Wildman–Crippen LogP) is 1.69. The maximum atomic E-state index is 12.0. The zero-order valence-electron chi connectivity index (χ0n) is 11.3. The summed E-state index contributed by atoms with van der Waals surface area (Å²) in [6.07, 6.45) is 2.27. The lowest BCUT2D eigenvalue weighted by Crippen LogP contribution is -2.48. The second-order valence-corrected chi connectivity index (χ2v) is 7.82. The molecule has 0 saturated carbocycles. The summed E-state index contributed by atoms with van der Waals surface area (Å²) >= 11 is 0. The molecule has 6 heteroatoms. The molecule has 0 radical (unpaired) electrons. The number of piperidine rings is 1. The Bertz CT molecular complexity index is 394. The molecule has 0 bridgehead atoms. The molecule has 0 aliphatic carbocycles. The van der Waals surface area contributed by atoms with Crippen LogP contribution in [0.2, 0.25) is 0 Å². The van der Waals surface area contributed by atoms with Crippen LogP contribution < -0.4 is 0 Å². The molecule has 0 atom stereocenters. The van der Waals surface area contributed by atoms with Crippen LogP contribution in [-0.2, 0) is 14.8 Å². The monoisotopic (exact) mass is 277 g/mol. The summed E-state index contributed by atoms with van der Waals surface area (Å²) in [4.78, 5) is 11.4. The summed E-state index contributed by atoms with van der Waals surface area (Å²) in [5.74, 6) is -0.786. The van der Waals surface area contributed by atoms with E-state index in [-0.39, 0.29) is 0 Å². The Morgan fingerprint density at radius 2 is 1.83 bits per heavy atom. The van der Waals surface area contributed by atoms with E-state index < -0.39 is 26.7 Å². The fraction of sp³-hybridized carbons (Fsp3) is 0.917. The maximum absolute atomic E-state index is 12.0. The molecule has 0 unspecified atom stereocenters. The average molecular weight is 277 g/mol. The Balaban J connectivity index is 2.79. The van der Waals surface area contributed by atoms with Crippen molar-refractivity contribution in [3.05, 3.63) is 0 Å². The number of sulfonamides is 1. The van der Waals surface area contributed by atoms with Crippen molar-refractivity contribution in [1.29, 1.82) is 0 Å². The first-order chi connectivity index (χ1) is 8.26. The molecular weight excluding hydrogens is 254 g/mol. The van der Waals surface area contributed by atoms with Crippen molar-refractivity contribution in [2.75, 3.05) is 13.1 Å². The van der Waals surface area contributed by atoms with Crippen molar-refractivity contribution in [1.82, 2.24) is 4.31 Å². The maximum Gasteiger partial charge on any atom is 0.309 e. The number of aliphatic carboxylic acids is 1. The number of hydrogen-bond acceptors (Lipinski definition) is 3. The number of carboxylic acid groups (broad SMARTS) is 1. The normalized spacial score (nSPS) is 21.1. The molecule has 0 spiro atoms. The summed E-state index contributed by atoms with van der Waals surface area (Å²) in [5, 5.41) is 8.91. The molecule has 1 aliphatic heterocycles. The van der Waals surface area contributed by atoms with Gasteiger partial charge in [0.15, 0.2) is 0 Å². The summed E-state index contributed by atoms with van der Waals surface area (Å²) < 4.78 is 25.4. The summed E-state index contributed by atoms with van der Waals surface area (Å²) in [7, 11) is -3.25. The van der Waals surface area contributed by atoms with Gasteiger partial charge in [-0.1, -0.05) is 13.3 Å². The third-order valence-corrected chi connectivity index (χ3v) is 6.09. The largest absolute Gasteiger partial charge is 0.481 e. The van der Waals surface area contributed by atoms with E-state index in [0.29, 0.717) is 32.4 Å². The van der Waals surface area contributed by atoms with Crippen molar-refractivity contribution in [2.24, 2.45) is 5.41 Å². The van der Waals surface area contributed by atoms with Gasteiger partial charge in [0.25, 0.3) is 0 Å². The number of nitrogens with zero attached hydrogens (tertiary/aromatic N) is 1. The van der Waals surface area contributed by atoms with E-state index in [1.165, 1.54) is 4.31 Å². The van der Waals surface area contributed by atoms with Crippen LogP contribution in [0.15, 0.2) is 0 Å². The van der Waals surface area contributed by atoms with Gasteiger partial charge in [-0.25, -0.2) is 12.7 Å². The molecule has 0 aromatic rings. The van der Waals surface area contributed by atoms with Crippen LogP contribution >= 0.6 is 0 Å². The SMILES string of the molecule is CCCC1(C(=O)O)CCN(S(=O)(=O)C(C)C)CC1. The second-order valence-electron chi connectivity index (χ2n) is 5.33. The molecule has 0 aromatic carbocycles. The predicted molar refractivity (Wildman–Crippen MR) is 69.8 cm³/mol. The molecule has 1 N–H and O–H groups in total. The van der Waals surface area contributed by atoms with Crippen LogP contribution in [0.3, 0.4) is 0 Å². The Morgan fingerprint density at radius 1 is 1.33 bits per heavy atom. The summed E-state index contributed by atoms with van der Waals surface area (Å²) in [5.41, 5.74) is -0.724. The Labute approximate surface area is 109 Å². The van der Waals surface area contributed by atoms with Crippen LogP contribution in [0.5, 0.6) is 0 Å². The number of hydrogen-bond donors (Lipinski definition) is 1. The minimum Gasteiger partial charge on any atom is -0.481 e. The highest BCUT2D eigenvalue weighted by atomic mass is 32.2. The molecular formula is C12H23NO4S. The van der Waals surface area contributed by atoms with E-state index in [2.05, 4.69) is 0 Å². The second kappa shape index (κ2) is 5.57. The van der Waals surface area contributed by atoms with E-state index in [9.17, 15) is 18.3 Å². The van der Waals surface area contributed by atoms with E-state index in [0.717, 1.165) is 6.42 Å². The van der Waals surface area contributed by atoms with Crippen LogP contribution in [0.4, 0.5) is 0 Å². The lowest BCUT2D eigenvalue weighted by atomic mass is 9.75. The number of carbonyl (C=O) groups is 1. The van der Waals surface area contributed by atoms with Crippen molar-refractivity contribution in [2.45, 2.75) is 51.7 Å². The van der Waals surface area contributed by atoms with Crippen LogP contribution in [0.1, 0.15) is 46.5 Å². The zero-order chi connectivity index (χ0) is 14.0. The van der Waals surface area contributed by atoms with Gasteiger partial charge < -0.3 is 5.11 Å². The van der Waals surface area contributed by atoms with Crippen LogP contribution in [0.25, 0.3) is 0 Å². The molecule has 0 aromatic heterocycles. The van der Waals surface area contributed by atoms with Crippen LogP contribution in [0, 0.1) is 5.41 Å². The molecule has 1 heterocycles. The van der Waals surface area contributed by atoms with Gasteiger partial charge in [0.05, 0.1) is 10.7 Å². The lowest BCUT2D eigenvalue weighted by molar-refractivity contribution is -0.152. The highest BCUT2D eigenvalue weighted by Gasteiger charge is 2.43. The van der Waals surface area contributed by atoms with E-state index in [1.807, 2.05) is 6.92 Å². The van der Waals surface area contributed by atoms with Gasteiger partial charge in [-0.3, -0.25) is 4.79 Å². The Morgan fingerprint density at radius 3 is 2.17 bits per heavy atom. The molecule has 5 nitrogen and oxygen atoms in total. The molecule has 1 saturated heterocycles. The quantitative estimate of drug-likeness (QED) is 0.830. The first-order valence-electron chi connectivity index (χ1n) is 6.48. The fourth-order valence-corrected chi connectivity index (χ4v) is 3.80. The van der Waals surface area contributed by atoms with Gasteiger partial charge in [0.1, 0.15) is 0 Å². The van der Waals surface area contributed by atoms with E-state index >= 15 is 0 Å². The summed E-state index contributed by atoms with van der Waals surface area (Å²) in [6, 6.07) is 0. The third-order valence-electron chi connectivity index (χ3n) is 3.82. The molecule has 1 aliphatic rings. The molecule has 106 valence electrons. The van der Waals surface area contributed by atoms with Crippen molar-refractivity contribution < 1.29 is 18.3 Å². The van der Waals surface area contributed by atoms with Gasteiger partial charge in [-0.2, -0.15) is 0 Å². The highest BCUT2D eigenvalue weighted by Crippen LogP contribution is 2.37. The van der Waals surface area contributed by atoms with Gasteiger partial charge in [-0.15, -0.1) is 0 Å². The van der Waals surface area contributed by atoms with E-state index in [4.69, 9.17) is 0 Å². The van der Waals surface area contributed by atoms with Gasteiger partial charge in [0.2, 0.25) is 10.0 Å². The van der Waals surface area contributed by atoms with Crippen molar-refractivity contribution in [3.8, 4) is 0 Å². The Hall–Kier alpha value is -0.620. The van der Waals surface area contributed by atoms with Crippen molar-refractivity contribution >= 4 is 16.0 Å². The third kappa shape index (κ3) is 2.85. The van der Waals surface area contributed by atoms with E-state index in [1.54, 1.807) is 13.8 Å². The first-order valence-corrected chi connectivity index (χ1v) is 7.99. The molecule has 0 amide bonds. The van der Waals surface area contributed by atoms with Crippen molar-refractivity contribution in [3.63, 3.8) is 0 Å².